The minimum Gasteiger partial charge on any atom is -0.497 e. The molecule has 1 aliphatic rings. The topological polar surface area (TPSA) is 79.1 Å². The summed E-state index contributed by atoms with van der Waals surface area (Å²) in [6.45, 7) is 5.75. The van der Waals surface area contributed by atoms with Crippen molar-refractivity contribution in [3.63, 3.8) is 0 Å². The van der Waals surface area contributed by atoms with E-state index in [0.717, 1.165) is 21.2 Å². The number of nitrogens with zero attached hydrogens (tertiary/aromatic N) is 2. The van der Waals surface area contributed by atoms with Crippen molar-refractivity contribution in [3.8, 4) is 11.5 Å². The standard InChI is InChI=1S/C32H29BrN2O5S/c1-19(2)40-31(37)28-20(3)34-32-35(29(28)22-11-15-25(38-4)16-12-22)30(36)27(41-32)17-23-7-5-6-8-26(23)39-18-21-9-13-24(33)14-10-21/h5-17,19,29H,18H2,1-4H3/b27-17-/t29-/m0/s1. The van der Waals surface area contributed by atoms with E-state index in [9.17, 15) is 9.59 Å². The monoisotopic (exact) mass is 632 g/mol. The smallest absolute Gasteiger partial charge is 0.338 e. The molecule has 5 rings (SSSR count). The van der Waals surface area contributed by atoms with Crippen molar-refractivity contribution in [1.29, 1.82) is 0 Å². The summed E-state index contributed by atoms with van der Waals surface area (Å²) in [7, 11) is 1.59. The molecule has 7 nitrogen and oxygen atoms in total. The lowest BCUT2D eigenvalue weighted by Crippen LogP contribution is -2.40. The van der Waals surface area contributed by atoms with Crippen molar-refractivity contribution in [1.82, 2.24) is 4.57 Å². The Balaban J connectivity index is 1.59. The van der Waals surface area contributed by atoms with Crippen LogP contribution < -0.4 is 24.4 Å². The maximum absolute atomic E-state index is 14.0. The summed E-state index contributed by atoms with van der Waals surface area (Å²) in [5, 5.41) is 0. The van der Waals surface area contributed by atoms with Gasteiger partial charge >= 0.3 is 5.97 Å². The van der Waals surface area contributed by atoms with Crippen LogP contribution in [0.2, 0.25) is 0 Å². The van der Waals surface area contributed by atoms with Gasteiger partial charge in [0, 0.05) is 10.0 Å². The molecule has 3 aromatic carbocycles. The van der Waals surface area contributed by atoms with Gasteiger partial charge in [0.1, 0.15) is 18.1 Å². The first kappa shape index (κ1) is 28.6. The average Bonchev–Trinajstić information content (AvgIpc) is 3.26. The Bertz CT molecular complexity index is 1790. The van der Waals surface area contributed by atoms with Gasteiger partial charge in [0.2, 0.25) is 0 Å². The molecule has 9 heteroatoms. The molecule has 1 aliphatic heterocycles. The van der Waals surface area contributed by atoms with Crippen LogP contribution in [-0.2, 0) is 16.1 Å². The van der Waals surface area contributed by atoms with Crippen LogP contribution in [0.1, 0.15) is 43.5 Å². The number of para-hydroxylation sites is 1. The second-order valence-corrected chi connectivity index (χ2v) is 11.7. The predicted molar refractivity (Wildman–Crippen MR) is 163 cm³/mol. The van der Waals surface area contributed by atoms with Crippen molar-refractivity contribution in [2.75, 3.05) is 7.11 Å². The lowest BCUT2D eigenvalue weighted by molar-refractivity contribution is -0.143. The summed E-state index contributed by atoms with van der Waals surface area (Å²) in [6, 6.07) is 22.2. The summed E-state index contributed by atoms with van der Waals surface area (Å²) >= 11 is 4.73. The Labute approximate surface area is 250 Å². The molecule has 1 aromatic heterocycles. The number of carbonyl (C=O) groups excluding carboxylic acids is 1. The van der Waals surface area contributed by atoms with Crippen LogP contribution in [0.4, 0.5) is 0 Å². The van der Waals surface area contributed by atoms with E-state index in [1.165, 1.54) is 11.3 Å². The third-order valence-electron chi connectivity index (χ3n) is 6.53. The number of carbonyl (C=O) groups is 1. The number of rotatable bonds is 8. The number of halogens is 1. The van der Waals surface area contributed by atoms with Gasteiger partial charge in [-0.15, -0.1) is 0 Å². The van der Waals surface area contributed by atoms with E-state index in [1.54, 1.807) is 32.4 Å². The number of thiazole rings is 1. The highest BCUT2D eigenvalue weighted by atomic mass is 79.9. The number of methoxy groups -OCH3 is 1. The number of aromatic nitrogens is 1. The highest BCUT2D eigenvalue weighted by Gasteiger charge is 2.33. The quantitative estimate of drug-likeness (QED) is 0.238. The van der Waals surface area contributed by atoms with E-state index < -0.39 is 12.0 Å². The van der Waals surface area contributed by atoms with E-state index in [0.29, 0.717) is 38.7 Å². The minimum atomic E-state index is -0.700. The van der Waals surface area contributed by atoms with Crippen LogP contribution >= 0.6 is 27.3 Å². The van der Waals surface area contributed by atoms with Gasteiger partial charge in [0.05, 0.1) is 35.1 Å². The number of benzene rings is 3. The Morgan fingerprint density at radius 3 is 2.46 bits per heavy atom. The fourth-order valence-corrected chi connectivity index (χ4v) is 5.88. The molecule has 0 bridgehead atoms. The maximum Gasteiger partial charge on any atom is 0.338 e. The van der Waals surface area contributed by atoms with Crippen molar-refractivity contribution in [2.45, 2.75) is 39.5 Å². The number of hydrogen-bond acceptors (Lipinski definition) is 7. The molecule has 1 atom stereocenters. The predicted octanol–water partition coefficient (Wildman–Crippen LogP) is 5.54. The third-order valence-corrected chi connectivity index (χ3v) is 8.04. The average molecular weight is 634 g/mol. The van der Waals surface area contributed by atoms with Gasteiger partial charge in [-0.2, -0.15) is 0 Å². The van der Waals surface area contributed by atoms with Gasteiger partial charge in [0.15, 0.2) is 4.80 Å². The minimum absolute atomic E-state index is 0.250. The van der Waals surface area contributed by atoms with E-state index in [-0.39, 0.29) is 11.7 Å². The lowest BCUT2D eigenvalue weighted by atomic mass is 9.96. The van der Waals surface area contributed by atoms with Gasteiger partial charge < -0.3 is 14.2 Å². The Morgan fingerprint density at radius 1 is 1.07 bits per heavy atom. The Hall–Kier alpha value is -3.95. The van der Waals surface area contributed by atoms with Crippen molar-refractivity contribution < 1.29 is 19.0 Å². The van der Waals surface area contributed by atoms with Crippen LogP contribution in [0.3, 0.4) is 0 Å². The zero-order valence-corrected chi connectivity index (χ0v) is 25.5. The normalized spacial score (nSPS) is 15.0. The second-order valence-electron chi connectivity index (χ2n) is 9.76. The fourth-order valence-electron chi connectivity index (χ4n) is 4.58. The molecule has 4 aromatic rings. The molecule has 0 N–H and O–H groups in total. The molecule has 0 saturated heterocycles. The SMILES string of the molecule is COc1ccc([C@H]2C(C(=O)OC(C)C)=C(C)N=c3s/c(=C\c4ccccc4OCc4ccc(Br)cc4)c(=O)n32)cc1. The number of hydrogen-bond donors (Lipinski definition) is 0. The number of allylic oxidation sites excluding steroid dienone is 1. The fraction of sp³-hybridized carbons (Fsp3) is 0.219. The van der Waals surface area contributed by atoms with Crippen LogP contribution in [0.15, 0.2) is 98.3 Å². The van der Waals surface area contributed by atoms with Gasteiger partial charge in [-0.25, -0.2) is 9.79 Å². The molecule has 41 heavy (non-hydrogen) atoms. The van der Waals surface area contributed by atoms with E-state index >= 15 is 0 Å². The van der Waals surface area contributed by atoms with Crippen LogP contribution in [0, 0.1) is 0 Å². The zero-order valence-electron chi connectivity index (χ0n) is 23.1. The highest BCUT2D eigenvalue weighted by Crippen LogP contribution is 2.32. The molecule has 0 spiro atoms. The summed E-state index contributed by atoms with van der Waals surface area (Å²) < 4.78 is 20.1. The molecule has 2 heterocycles. The summed E-state index contributed by atoms with van der Waals surface area (Å²) in [5.74, 6) is 0.835. The Kier molecular flexibility index (Phi) is 8.56. The van der Waals surface area contributed by atoms with E-state index in [1.807, 2.05) is 78.9 Å². The first-order valence-electron chi connectivity index (χ1n) is 13.1. The molecule has 0 aliphatic carbocycles. The van der Waals surface area contributed by atoms with Crippen LogP contribution in [0.25, 0.3) is 6.08 Å². The first-order chi connectivity index (χ1) is 19.7. The van der Waals surface area contributed by atoms with Gasteiger partial charge in [-0.3, -0.25) is 9.36 Å². The van der Waals surface area contributed by atoms with Crippen molar-refractivity contribution in [3.05, 3.63) is 125 Å². The van der Waals surface area contributed by atoms with Crippen LogP contribution in [0.5, 0.6) is 11.5 Å². The van der Waals surface area contributed by atoms with Gasteiger partial charge in [0.25, 0.3) is 5.56 Å². The Morgan fingerprint density at radius 2 is 1.78 bits per heavy atom. The van der Waals surface area contributed by atoms with E-state index in [2.05, 4.69) is 20.9 Å². The summed E-state index contributed by atoms with van der Waals surface area (Å²) in [6.07, 6.45) is 1.50. The molecule has 0 saturated carbocycles. The first-order valence-corrected chi connectivity index (χ1v) is 14.7. The zero-order chi connectivity index (χ0) is 29.1. The number of fused-ring (bicyclic) bond motifs is 1. The molecule has 210 valence electrons. The molecule has 0 amide bonds. The lowest BCUT2D eigenvalue weighted by Gasteiger charge is -2.25. The summed E-state index contributed by atoms with van der Waals surface area (Å²) in [5.41, 5.74) is 3.15. The molecular weight excluding hydrogens is 604 g/mol. The van der Waals surface area contributed by atoms with Crippen molar-refractivity contribution in [2.24, 2.45) is 4.99 Å². The van der Waals surface area contributed by atoms with Gasteiger partial charge in [-0.05, 0) is 68.3 Å². The van der Waals surface area contributed by atoms with Crippen molar-refractivity contribution >= 4 is 39.3 Å². The third kappa shape index (κ3) is 6.21. The van der Waals surface area contributed by atoms with Gasteiger partial charge in [-0.1, -0.05) is 69.7 Å². The number of esters is 1. The highest BCUT2D eigenvalue weighted by molar-refractivity contribution is 9.10. The maximum atomic E-state index is 14.0. The second kappa shape index (κ2) is 12.3. The molecule has 0 fully saturated rings. The number of ether oxygens (including phenoxy) is 3. The molecule has 0 radical (unpaired) electrons. The molecular formula is C32H29BrN2O5S. The molecule has 0 unspecified atom stereocenters. The largest absolute Gasteiger partial charge is 0.497 e. The summed E-state index contributed by atoms with van der Waals surface area (Å²) in [4.78, 5) is 32.5. The van der Waals surface area contributed by atoms with Crippen LogP contribution in [-0.4, -0.2) is 23.8 Å². The van der Waals surface area contributed by atoms with E-state index in [4.69, 9.17) is 14.2 Å².